The molecule has 1 rings (SSSR count). The average molecular weight is 338 g/mol. The second kappa shape index (κ2) is 6.10. The molecule has 19 heavy (non-hydrogen) atoms. The molecule has 7 heteroatoms. The van der Waals surface area contributed by atoms with Crippen LogP contribution in [0.5, 0.6) is 0 Å². The smallest absolute Gasteiger partial charge is 0.416 e. The Balaban J connectivity index is 2.85. The lowest BCUT2D eigenvalue weighted by Gasteiger charge is -2.12. The van der Waals surface area contributed by atoms with E-state index in [1.54, 1.807) is 6.92 Å². The number of nitrogens with one attached hydrogen (secondary N) is 1. The molecule has 0 amide bonds. The summed E-state index contributed by atoms with van der Waals surface area (Å²) in [6.45, 7) is 1.73. The maximum Gasteiger partial charge on any atom is 0.416 e. The summed E-state index contributed by atoms with van der Waals surface area (Å²) in [6.07, 6.45) is -3.43. The molecule has 0 fully saturated rings. The lowest BCUT2D eigenvalue weighted by atomic mass is 10.2. The standard InChI is InChI=1S/C12H11BrF3NO2/c1-7(2-11(18)19)6-17-10-4-8(12(14,15)16)3-9(13)5-10/h2-5,17H,6H2,1H3,(H,18,19)/b7-2-. The number of carboxylic acid groups (broad SMARTS) is 1. The quantitative estimate of drug-likeness (QED) is 0.819. The first-order valence-corrected chi connectivity index (χ1v) is 5.99. The predicted octanol–water partition coefficient (Wildman–Crippen LogP) is 3.91. The van der Waals surface area contributed by atoms with E-state index in [9.17, 15) is 18.0 Å². The number of rotatable bonds is 4. The van der Waals surface area contributed by atoms with E-state index in [-0.39, 0.29) is 12.2 Å². The van der Waals surface area contributed by atoms with Crippen LogP contribution in [0, 0.1) is 0 Å². The van der Waals surface area contributed by atoms with Crippen molar-refractivity contribution in [1.82, 2.24) is 0 Å². The molecule has 0 saturated heterocycles. The molecule has 0 bridgehead atoms. The van der Waals surface area contributed by atoms with Crippen LogP contribution >= 0.6 is 15.9 Å². The largest absolute Gasteiger partial charge is 0.478 e. The van der Waals surface area contributed by atoms with Gasteiger partial charge in [0.25, 0.3) is 0 Å². The molecule has 0 aliphatic heterocycles. The van der Waals surface area contributed by atoms with Crippen LogP contribution < -0.4 is 5.32 Å². The third-order valence-corrected chi connectivity index (χ3v) is 2.62. The average Bonchev–Trinajstić information content (AvgIpc) is 2.23. The highest BCUT2D eigenvalue weighted by atomic mass is 79.9. The summed E-state index contributed by atoms with van der Waals surface area (Å²) in [4.78, 5) is 10.4. The molecule has 3 nitrogen and oxygen atoms in total. The third-order valence-electron chi connectivity index (χ3n) is 2.17. The second-order valence-corrected chi connectivity index (χ2v) is 4.82. The number of aliphatic carboxylic acids is 1. The first kappa shape index (κ1) is 15.6. The number of hydrogen-bond donors (Lipinski definition) is 2. The number of alkyl halides is 3. The molecule has 1 aromatic rings. The number of benzene rings is 1. The Labute approximate surface area is 116 Å². The summed E-state index contributed by atoms with van der Waals surface area (Å²) in [5, 5.41) is 11.3. The molecule has 1 aromatic carbocycles. The van der Waals surface area contributed by atoms with Crippen LogP contribution in [0.15, 0.2) is 34.3 Å². The Bertz CT molecular complexity index is 512. The van der Waals surface area contributed by atoms with E-state index < -0.39 is 17.7 Å². The van der Waals surface area contributed by atoms with Crippen molar-refractivity contribution in [2.45, 2.75) is 13.1 Å². The maximum atomic E-state index is 12.6. The van der Waals surface area contributed by atoms with Gasteiger partial charge in [-0.05, 0) is 30.7 Å². The van der Waals surface area contributed by atoms with Crippen LogP contribution in [0.4, 0.5) is 18.9 Å². The predicted molar refractivity (Wildman–Crippen MR) is 69.0 cm³/mol. The zero-order valence-corrected chi connectivity index (χ0v) is 11.5. The number of hydrogen-bond acceptors (Lipinski definition) is 2. The highest BCUT2D eigenvalue weighted by molar-refractivity contribution is 9.10. The monoisotopic (exact) mass is 337 g/mol. The fourth-order valence-electron chi connectivity index (χ4n) is 1.36. The summed E-state index contributed by atoms with van der Waals surface area (Å²) in [7, 11) is 0. The summed E-state index contributed by atoms with van der Waals surface area (Å²) in [5.74, 6) is -1.09. The molecule has 0 spiro atoms. The van der Waals surface area contributed by atoms with Crippen LogP contribution in [-0.4, -0.2) is 17.6 Å². The van der Waals surface area contributed by atoms with Crippen molar-refractivity contribution in [2.75, 3.05) is 11.9 Å². The van der Waals surface area contributed by atoms with Crippen molar-refractivity contribution in [1.29, 1.82) is 0 Å². The van der Waals surface area contributed by atoms with Gasteiger partial charge in [-0.15, -0.1) is 0 Å². The molecule has 0 aliphatic rings. The molecular weight excluding hydrogens is 327 g/mol. The van der Waals surface area contributed by atoms with E-state index in [1.165, 1.54) is 6.07 Å². The van der Waals surface area contributed by atoms with Gasteiger partial charge < -0.3 is 10.4 Å². The number of halogens is 4. The zero-order valence-electron chi connectivity index (χ0n) is 9.88. The van der Waals surface area contributed by atoms with Gasteiger partial charge in [-0.1, -0.05) is 15.9 Å². The highest BCUT2D eigenvalue weighted by Crippen LogP contribution is 2.33. The lowest BCUT2D eigenvalue weighted by Crippen LogP contribution is -2.08. The zero-order chi connectivity index (χ0) is 14.6. The molecule has 2 N–H and O–H groups in total. The van der Waals surface area contributed by atoms with E-state index in [2.05, 4.69) is 21.2 Å². The van der Waals surface area contributed by atoms with Crippen molar-refractivity contribution in [3.63, 3.8) is 0 Å². The molecule has 104 valence electrons. The van der Waals surface area contributed by atoms with Crippen LogP contribution in [-0.2, 0) is 11.0 Å². The van der Waals surface area contributed by atoms with Gasteiger partial charge in [-0.3, -0.25) is 0 Å². The third kappa shape index (κ3) is 5.34. The minimum Gasteiger partial charge on any atom is -0.478 e. The summed E-state index contributed by atoms with van der Waals surface area (Å²) in [6, 6.07) is 3.44. The molecule has 0 unspecified atom stereocenters. The van der Waals surface area contributed by atoms with Crippen molar-refractivity contribution in [2.24, 2.45) is 0 Å². The van der Waals surface area contributed by atoms with E-state index in [0.717, 1.165) is 18.2 Å². The van der Waals surface area contributed by atoms with Crippen LogP contribution in [0.2, 0.25) is 0 Å². The Kier molecular flexibility index (Phi) is 4.99. The maximum absolute atomic E-state index is 12.6. The lowest BCUT2D eigenvalue weighted by molar-refractivity contribution is -0.137. The minimum atomic E-state index is -4.42. The Hall–Kier alpha value is -1.50. The molecular formula is C12H11BrF3NO2. The van der Waals surface area contributed by atoms with Crippen molar-refractivity contribution in [3.8, 4) is 0 Å². The molecule has 0 saturated carbocycles. The normalized spacial score (nSPS) is 12.4. The second-order valence-electron chi connectivity index (χ2n) is 3.91. The van der Waals surface area contributed by atoms with E-state index >= 15 is 0 Å². The van der Waals surface area contributed by atoms with Gasteiger partial charge >= 0.3 is 12.1 Å². The minimum absolute atomic E-state index is 0.153. The van der Waals surface area contributed by atoms with E-state index in [0.29, 0.717) is 10.0 Å². The van der Waals surface area contributed by atoms with Gasteiger partial charge in [0.1, 0.15) is 0 Å². The topological polar surface area (TPSA) is 49.3 Å². The van der Waals surface area contributed by atoms with Gasteiger partial charge in [0.15, 0.2) is 0 Å². The Morgan fingerprint density at radius 1 is 1.42 bits per heavy atom. The number of carbonyl (C=O) groups is 1. The summed E-state index contributed by atoms with van der Waals surface area (Å²) >= 11 is 3.00. The summed E-state index contributed by atoms with van der Waals surface area (Å²) in [5.41, 5.74) is -0.00915. The van der Waals surface area contributed by atoms with Crippen LogP contribution in [0.25, 0.3) is 0 Å². The number of anilines is 1. The van der Waals surface area contributed by atoms with Crippen molar-refractivity contribution < 1.29 is 23.1 Å². The van der Waals surface area contributed by atoms with Gasteiger partial charge in [0.2, 0.25) is 0 Å². The van der Waals surface area contributed by atoms with Crippen LogP contribution in [0.3, 0.4) is 0 Å². The molecule has 0 radical (unpaired) electrons. The fourth-order valence-corrected chi connectivity index (χ4v) is 1.85. The SMILES string of the molecule is C/C(=C/C(=O)O)CNc1cc(Br)cc(C(F)(F)F)c1. The Morgan fingerprint density at radius 3 is 2.58 bits per heavy atom. The van der Waals surface area contributed by atoms with Gasteiger partial charge in [-0.25, -0.2) is 4.79 Å². The molecule has 0 aliphatic carbocycles. The van der Waals surface area contributed by atoms with Gasteiger partial charge in [0.05, 0.1) is 5.56 Å². The van der Waals surface area contributed by atoms with Crippen molar-refractivity contribution in [3.05, 3.63) is 39.9 Å². The molecule has 0 heterocycles. The van der Waals surface area contributed by atoms with Gasteiger partial charge in [0, 0.05) is 22.8 Å². The molecule has 0 atom stereocenters. The van der Waals surface area contributed by atoms with Gasteiger partial charge in [-0.2, -0.15) is 13.2 Å². The first-order chi connectivity index (χ1) is 8.68. The van der Waals surface area contributed by atoms with Crippen LogP contribution in [0.1, 0.15) is 12.5 Å². The van der Waals surface area contributed by atoms with Crippen molar-refractivity contribution >= 4 is 27.6 Å². The van der Waals surface area contributed by atoms with E-state index in [4.69, 9.17) is 5.11 Å². The summed E-state index contributed by atoms with van der Waals surface area (Å²) < 4.78 is 38.0. The Morgan fingerprint density at radius 2 is 2.05 bits per heavy atom. The number of carboxylic acids is 1. The first-order valence-electron chi connectivity index (χ1n) is 5.20. The van der Waals surface area contributed by atoms with E-state index in [1.807, 2.05) is 0 Å². The fraction of sp³-hybridized carbons (Fsp3) is 0.250. The molecule has 0 aromatic heterocycles. The highest BCUT2D eigenvalue weighted by Gasteiger charge is 2.31.